The van der Waals surface area contributed by atoms with Crippen LogP contribution in [0.1, 0.15) is 36.6 Å². The summed E-state index contributed by atoms with van der Waals surface area (Å²) in [6.07, 6.45) is 3.53. The lowest BCUT2D eigenvalue weighted by Crippen LogP contribution is -2.43. The summed E-state index contributed by atoms with van der Waals surface area (Å²) in [5, 5.41) is 20.0. The van der Waals surface area contributed by atoms with Crippen LogP contribution in [-0.2, 0) is 0 Å². The first-order valence-corrected chi connectivity index (χ1v) is 10.8. The Bertz CT molecular complexity index is 1290. The number of hydrogen-bond donors (Lipinski definition) is 2. The number of halogens is 1. The number of nitrogens with two attached hydrogens (primary N) is 1. The van der Waals surface area contributed by atoms with Gasteiger partial charge in [0.1, 0.15) is 26.9 Å². The van der Waals surface area contributed by atoms with Crippen molar-refractivity contribution in [1.82, 2.24) is 4.57 Å². The number of ether oxygens (including phenoxy) is 1. The van der Waals surface area contributed by atoms with Gasteiger partial charge in [0.05, 0.1) is 18.0 Å². The number of nitrogens with zero attached hydrogens (tertiary/aromatic N) is 3. The second-order valence-corrected chi connectivity index (χ2v) is 8.99. The summed E-state index contributed by atoms with van der Waals surface area (Å²) in [7, 11) is 1.47. The van der Waals surface area contributed by atoms with Crippen LogP contribution in [0.15, 0.2) is 10.9 Å². The third-order valence-corrected chi connectivity index (χ3v) is 7.05. The smallest absolute Gasteiger partial charge is 0.202 e. The minimum Gasteiger partial charge on any atom is -0.505 e. The highest BCUT2D eigenvalue weighted by Gasteiger charge is 2.34. The molecule has 30 heavy (non-hydrogen) atoms. The van der Waals surface area contributed by atoms with Gasteiger partial charge in [-0.1, -0.05) is 0 Å². The van der Waals surface area contributed by atoms with Gasteiger partial charge in [-0.3, -0.25) is 4.79 Å². The molecule has 1 aliphatic carbocycles. The van der Waals surface area contributed by atoms with E-state index in [-0.39, 0.29) is 33.5 Å². The quantitative estimate of drug-likeness (QED) is 0.664. The standard InChI is InChI=1S/C21H21FN4O3S/c1-29-20-16-12(7-13(22)17(20)25-6-2-3-10(24)9-25)18(27)15-19(28)14(8-23)30-21(15)26(16)11-4-5-11/h7,10-11,28H,2-6,9,24H2,1H3. The lowest BCUT2D eigenvalue weighted by Gasteiger charge is -2.34. The van der Waals surface area contributed by atoms with Gasteiger partial charge in [0.2, 0.25) is 5.43 Å². The van der Waals surface area contributed by atoms with Gasteiger partial charge in [0, 0.05) is 25.2 Å². The lowest BCUT2D eigenvalue weighted by molar-refractivity contribution is 0.409. The molecule has 3 N–H and O–H groups in total. The monoisotopic (exact) mass is 428 g/mol. The molecule has 2 fully saturated rings. The van der Waals surface area contributed by atoms with Crippen LogP contribution in [0.5, 0.6) is 11.5 Å². The summed E-state index contributed by atoms with van der Waals surface area (Å²) < 4.78 is 23.0. The Balaban J connectivity index is 1.92. The van der Waals surface area contributed by atoms with E-state index < -0.39 is 11.2 Å². The number of piperidine rings is 1. The Hall–Kier alpha value is -2.83. The van der Waals surface area contributed by atoms with Crippen molar-refractivity contribution in [2.24, 2.45) is 5.73 Å². The molecule has 7 nitrogen and oxygen atoms in total. The van der Waals surface area contributed by atoms with Crippen molar-refractivity contribution >= 4 is 38.1 Å². The number of benzene rings is 1. The first kappa shape index (κ1) is 19.2. The Morgan fingerprint density at radius 2 is 2.17 bits per heavy atom. The highest BCUT2D eigenvalue weighted by molar-refractivity contribution is 7.19. The summed E-state index contributed by atoms with van der Waals surface area (Å²) in [5.41, 5.74) is 6.45. The number of thiophene rings is 1. The van der Waals surface area contributed by atoms with Crippen molar-refractivity contribution in [1.29, 1.82) is 5.26 Å². The zero-order valence-electron chi connectivity index (χ0n) is 16.4. The van der Waals surface area contributed by atoms with Crippen molar-refractivity contribution in [3.8, 4) is 17.6 Å². The SMILES string of the molecule is COc1c(N2CCCC(N)C2)c(F)cc2c(=O)c3c(O)c(C#N)sc3n(C3CC3)c12. The van der Waals surface area contributed by atoms with E-state index in [1.165, 1.54) is 13.2 Å². The van der Waals surface area contributed by atoms with Crippen LogP contribution in [-0.4, -0.2) is 35.9 Å². The van der Waals surface area contributed by atoms with Gasteiger partial charge in [0.15, 0.2) is 17.3 Å². The fourth-order valence-electron chi connectivity index (χ4n) is 4.50. The fourth-order valence-corrected chi connectivity index (χ4v) is 5.57. The number of nitriles is 1. The molecular formula is C21H21FN4O3S. The molecule has 1 aromatic carbocycles. The molecular weight excluding hydrogens is 407 g/mol. The van der Waals surface area contributed by atoms with E-state index in [1.54, 1.807) is 0 Å². The molecule has 1 atom stereocenters. The summed E-state index contributed by atoms with van der Waals surface area (Å²) in [6, 6.07) is 3.23. The molecule has 5 rings (SSSR count). The second-order valence-electron chi connectivity index (χ2n) is 7.99. The molecule has 0 radical (unpaired) electrons. The highest BCUT2D eigenvalue weighted by atomic mass is 32.1. The molecule has 156 valence electrons. The molecule has 2 aliphatic rings. The van der Waals surface area contributed by atoms with E-state index in [9.17, 15) is 15.2 Å². The van der Waals surface area contributed by atoms with Gasteiger partial charge in [-0.25, -0.2) is 4.39 Å². The van der Waals surface area contributed by atoms with Gasteiger partial charge in [-0.2, -0.15) is 5.26 Å². The zero-order chi connectivity index (χ0) is 21.2. The maximum Gasteiger partial charge on any atom is 0.202 e. The van der Waals surface area contributed by atoms with Crippen molar-refractivity contribution in [2.75, 3.05) is 25.1 Å². The molecule has 9 heteroatoms. The molecule has 3 heterocycles. The Morgan fingerprint density at radius 3 is 2.80 bits per heavy atom. The number of aromatic hydroxyl groups is 1. The molecule has 2 aromatic heterocycles. The van der Waals surface area contributed by atoms with Crippen LogP contribution >= 0.6 is 11.3 Å². The highest BCUT2D eigenvalue weighted by Crippen LogP contribution is 2.48. The van der Waals surface area contributed by atoms with Gasteiger partial charge >= 0.3 is 0 Å². The van der Waals surface area contributed by atoms with Crippen molar-refractivity contribution in [3.05, 3.63) is 27.0 Å². The number of pyridine rings is 1. The van der Waals surface area contributed by atoms with Crippen LogP contribution in [0.2, 0.25) is 0 Å². The van der Waals surface area contributed by atoms with Crippen LogP contribution in [0.25, 0.3) is 21.1 Å². The molecule has 1 unspecified atom stereocenters. The predicted molar refractivity (Wildman–Crippen MR) is 114 cm³/mol. The Labute approximate surface area is 175 Å². The number of rotatable bonds is 3. The molecule has 3 aromatic rings. The minimum absolute atomic E-state index is 0.0564. The fraction of sp³-hybridized carbons (Fsp3) is 0.429. The molecule has 0 amide bonds. The Morgan fingerprint density at radius 1 is 1.40 bits per heavy atom. The normalized spacial score (nSPS) is 19.4. The van der Waals surface area contributed by atoms with Crippen LogP contribution in [0.4, 0.5) is 10.1 Å². The Kier molecular flexibility index (Phi) is 4.38. The summed E-state index contributed by atoms with van der Waals surface area (Å²) >= 11 is 1.08. The van der Waals surface area contributed by atoms with Crippen molar-refractivity contribution in [2.45, 2.75) is 37.8 Å². The molecule has 1 saturated heterocycles. The zero-order valence-corrected chi connectivity index (χ0v) is 17.3. The molecule has 0 bridgehead atoms. The second kappa shape index (κ2) is 6.86. The third kappa shape index (κ3) is 2.67. The van der Waals surface area contributed by atoms with E-state index >= 15 is 4.39 Å². The molecule has 0 spiro atoms. The third-order valence-electron chi connectivity index (χ3n) is 5.97. The average molecular weight is 428 g/mol. The van der Waals surface area contributed by atoms with Crippen LogP contribution in [0, 0.1) is 17.1 Å². The maximum absolute atomic E-state index is 15.4. The van der Waals surface area contributed by atoms with Gasteiger partial charge in [-0.05, 0) is 31.7 Å². The van der Waals surface area contributed by atoms with Crippen molar-refractivity contribution in [3.63, 3.8) is 0 Å². The maximum atomic E-state index is 15.4. The first-order chi connectivity index (χ1) is 14.5. The average Bonchev–Trinajstić information content (AvgIpc) is 3.50. The van der Waals surface area contributed by atoms with Gasteiger partial charge in [0.25, 0.3) is 0 Å². The predicted octanol–water partition coefficient (Wildman–Crippen LogP) is 3.20. The molecule has 1 aliphatic heterocycles. The van der Waals surface area contributed by atoms with Gasteiger partial charge < -0.3 is 25.0 Å². The number of methoxy groups -OCH3 is 1. The van der Waals surface area contributed by atoms with E-state index in [2.05, 4.69) is 0 Å². The summed E-state index contributed by atoms with van der Waals surface area (Å²) in [6.45, 7) is 1.16. The number of fused-ring (bicyclic) bond motifs is 2. The lowest BCUT2D eigenvalue weighted by atomic mass is 10.0. The number of hydrogen-bond acceptors (Lipinski definition) is 7. The summed E-state index contributed by atoms with van der Waals surface area (Å²) in [4.78, 5) is 15.8. The minimum atomic E-state index is -0.553. The van der Waals surface area contributed by atoms with Crippen molar-refractivity contribution < 1.29 is 14.2 Å². The van der Waals surface area contributed by atoms with E-state index in [0.717, 1.165) is 37.0 Å². The summed E-state index contributed by atoms with van der Waals surface area (Å²) in [5.74, 6) is -0.580. The largest absolute Gasteiger partial charge is 0.505 e. The number of anilines is 1. The van der Waals surface area contributed by atoms with Gasteiger partial charge in [-0.15, -0.1) is 11.3 Å². The van der Waals surface area contributed by atoms with Crippen LogP contribution in [0.3, 0.4) is 0 Å². The topological polar surface area (TPSA) is 105 Å². The first-order valence-electron chi connectivity index (χ1n) is 9.97. The molecule has 1 saturated carbocycles. The van der Waals surface area contributed by atoms with E-state index in [4.69, 9.17) is 10.5 Å². The van der Waals surface area contributed by atoms with E-state index in [0.29, 0.717) is 34.9 Å². The number of aromatic nitrogens is 1. The van der Waals surface area contributed by atoms with Crippen LogP contribution < -0.4 is 20.8 Å². The van der Waals surface area contributed by atoms with E-state index in [1.807, 2.05) is 15.5 Å².